The number of amides is 1. The number of alkyl halides is 3. The molecule has 1 aliphatic rings. The largest absolute Gasteiger partial charge is 0.393 e. The highest BCUT2D eigenvalue weighted by Gasteiger charge is 2.50. The maximum atomic E-state index is 12.7. The van der Waals surface area contributed by atoms with Crippen molar-refractivity contribution in [3.8, 4) is 0 Å². The average Bonchev–Trinajstić information content (AvgIpc) is 2.45. The van der Waals surface area contributed by atoms with Crippen LogP contribution in [0.15, 0.2) is 0 Å². The lowest BCUT2D eigenvalue weighted by Crippen LogP contribution is -2.32. The fourth-order valence-electron chi connectivity index (χ4n) is 2.11. The number of rotatable bonds is 1. The Morgan fingerprint density at radius 3 is 2.13 bits per heavy atom. The molecular formula is C10H16F3NO. The average molecular weight is 223 g/mol. The summed E-state index contributed by atoms with van der Waals surface area (Å²) in [5.41, 5.74) is 0. The summed E-state index contributed by atoms with van der Waals surface area (Å²) in [5, 5.41) is 0. The molecule has 0 aromatic rings. The second-order valence-corrected chi connectivity index (χ2v) is 4.48. The summed E-state index contributed by atoms with van der Waals surface area (Å²) in [5.74, 6) is -2.15. The highest BCUT2D eigenvalue weighted by atomic mass is 19.4. The van der Waals surface area contributed by atoms with Crippen molar-refractivity contribution < 1.29 is 18.0 Å². The monoisotopic (exact) mass is 223 g/mol. The third-order valence-corrected chi connectivity index (χ3v) is 3.09. The Labute approximate surface area is 87.4 Å². The van der Waals surface area contributed by atoms with E-state index in [4.69, 9.17) is 0 Å². The summed E-state index contributed by atoms with van der Waals surface area (Å²) in [6.07, 6.45) is -4.20. The van der Waals surface area contributed by atoms with Crippen molar-refractivity contribution in [3.05, 3.63) is 0 Å². The fourth-order valence-corrected chi connectivity index (χ4v) is 2.11. The third kappa shape index (κ3) is 2.63. The number of nitrogens with zero attached hydrogens (tertiary/aromatic N) is 1. The molecule has 2 unspecified atom stereocenters. The number of hydrogen-bond acceptors (Lipinski definition) is 1. The Bertz CT molecular complexity index is 250. The first-order valence-electron chi connectivity index (χ1n) is 5.05. The normalized spacial score (nSPS) is 27.5. The van der Waals surface area contributed by atoms with Crippen molar-refractivity contribution in [2.24, 2.45) is 17.8 Å². The van der Waals surface area contributed by atoms with Gasteiger partial charge in [0, 0.05) is 20.0 Å². The molecule has 0 N–H and O–H groups in total. The van der Waals surface area contributed by atoms with E-state index in [0.29, 0.717) is 0 Å². The van der Waals surface area contributed by atoms with E-state index < -0.39 is 18.0 Å². The Hall–Kier alpha value is -0.740. The van der Waals surface area contributed by atoms with Crippen LogP contribution in [0.2, 0.25) is 0 Å². The smallest absolute Gasteiger partial charge is 0.342 e. The van der Waals surface area contributed by atoms with E-state index in [1.807, 2.05) is 0 Å². The van der Waals surface area contributed by atoms with E-state index in [1.165, 1.54) is 11.8 Å². The Balaban J connectivity index is 2.81. The van der Waals surface area contributed by atoms with E-state index in [1.54, 1.807) is 13.8 Å². The maximum Gasteiger partial charge on any atom is 0.393 e. The number of hydrogen-bond donors (Lipinski definition) is 0. The molecule has 1 amide bonds. The fraction of sp³-hybridized carbons (Fsp3) is 0.900. The molecule has 0 spiro atoms. The van der Waals surface area contributed by atoms with Gasteiger partial charge in [0.25, 0.3) is 0 Å². The van der Waals surface area contributed by atoms with E-state index in [-0.39, 0.29) is 24.9 Å². The summed E-state index contributed by atoms with van der Waals surface area (Å²) >= 11 is 0. The van der Waals surface area contributed by atoms with Crippen molar-refractivity contribution in [1.82, 2.24) is 4.90 Å². The maximum absolute atomic E-state index is 12.7. The van der Waals surface area contributed by atoms with E-state index in [2.05, 4.69) is 0 Å². The summed E-state index contributed by atoms with van der Waals surface area (Å²) in [4.78, 5) is 12.3. The van der Waals surface area contributed by atoms with Gasteiger partial charge in [0.15, 0.2) is 0 Å². The van der Waals surface area contributed by atoms with Crippen LogP contribution >= 0.6 is 0 Å². The molecule has 0 aromatic heterocycles. The number of halogens is 3. The standard InChI is InChI=1S/C10H16F3NO/c1-6(2)8-4-14(7(3)15)5-9(8)10(11,12)13/h6,8-9H,4-5H2,1-3H3. The van der Waals surface area contributed by atoms with E-state index >= 15 is 0 Å². The molecule has 0 aliphatic carbocycles. The molecule has 15 heavy (non-hydrogen) atoms. The highest BCUT2D eigenvalue weighted by molar-refractivity contribution is 5.73. The van der Waals surface area contributed by atoms with Crippen molar-refractivity contribution >= 4 is 5.91 Å². The van der Waals surface area contributed by atoms with E-state index in [9.17, 15) is 18.0 Å². The first-order valence-corrected chi connectivity index (χ1v) is 5.05. The molecule has 2 nitrogen and oxygen atoms in total. The van der Waals surface area contributed by atoms with Crippen molar-refractivity contribution in [3.63, 3.8) is 0 Å². The van der Waals surface area contributed by atoms with Gasteiger partial charge >= 0.3 is 6.18 Å². The van der Waals surface area contributed by atoms with Crippen LogP contribution in [0.5, 0.6) is 0 Å². The van der Waals surface area contributed by atoms with Crippen molar-refractivity contribution in [2.45, 2.75) is 26.9 Å². The first-order chi connectivity index (χ1) is 6.73. The lowest BCUT2D eigenvalue weighted by Gasteiger charge is -2.23. The first kappa shape index (κ1) is 12.3. The quantitative estimate of drug-likeness (QED) is 0.668. The molecule has 5 heteroatoms. The van der Waals surface area contributed by atoms with Crippen LogP contribution in [-0.4, -0.2) is 30.1 Å². The van der Waals surface area contributed by atoms with Crippen molar-refractivity contribution in [2.75, 3.05) is 13.1 Å². The Morgan fingerprint density at radius 1 is 1.33 bits per heavy atom. The van der Waals surface area contributed by atoms with Crippen LogP contribution in [0.1, 0.15) is 20.8 Å². The van der Waals surface area contributed by atoms with Gasteiger partial charge in [0.2, 0.25) is 5.91 Å². The SMILES string of the molecule is CC(=O)N1CC(C(C)C)C(C(F)(F)F)C1. The minimum atomic E-state index is -4.20. The molecule has 0 bridgehead atoms. The lowest BCUT2D eigenvalue weighted by atomic mass is 9.86. The minimum Gasteiger partial charge on any atom is -0.342 e. The Morgan fingerprint density at radius 2 is 1.87 bits per heavy atom. The second kappa shape index (κ2) is 4.02. The van der Waals surface area contributed by atoms with E-state index in [0.717, 1.165) is 0 Å². The predicted molar refractivity (Wildman–Crippen MR) is 50.1 cm³/mol. The molecule has 1 rings (SSSR count). The molecule has 1 heterocycles. The molecule has 1 saturated heterocycles. The topological polar surface area (TPSA) is 20.3 Å². The van der Waals surface area contributed by atoms with Crippen LogP contribution in [0, 0.1) is 17.8 Å². The zero-order valence-electron chi connectivity index (χ0n) is 9.14. The van der Waals surface area contributed by atoms with Gasteiger partial charge in [-0.1, -0.05) is 13.8 Å². The van der Waals surface area contributed by atoms with Gasteiger partial charge in [-0.3, -0.25) is 4.79 Å². The van der Waals surface area contributed by atoms with Crippen molar-refractivity contribution in [1.29, 1.82) is 0 Å². The molecule has 88 valence electrons. The molecule has 0 aromatic carbocycles. The highest BCUT2D eigenvalue weighted by Crippen LogP contribution is 2.40. The van der Waals surface area contributed by atoms with Gasteiger partial charge < -0.3 is 4.90 Å². The third-order valence-electron chi connectivity index (χ3n) is 3.09. The summed E-state index contributed by atoms with van der Waals surface area (Å²) < 4.78 is 38.0. The van der Waals surface area contributed by atoms with Gasteiger partial charge in [0.1, 0.15) is 0 Å². The summed E-state index contributed by atoms with van der Waals surface area (Å²) in [6, 6.07) is 0. The zero-order chi connectivity index (χ0) is 11.8. The number of likely N-dealkylation sites (tertiary alicyclic amines) is 1. The minimum absolute atomic E-state index is 0.0547. The van der Waals surface area contributed by atoms with Crippen LogP contribution in [-0.2, 0) is 4.79 Å². The number of carbonyl (C=O) groups excluding carboxylic acids is 1. The van der Waals surface area contributed by atoms with Crippen LogP contribution < -0.4 is 0 Å². The lowest BCUT2D eigenvalue weighted by molar-refractivity contribution is -0.183. The molecule has 1 fully saturated rings. The molecule has 0 radical (unpaired) electrons. The van der Waals surface area contributed by atoms with Gasteiger partial charge in [-0.2, -0.15) is 13.2 Å². The molecule has 0 saturated carbocycles. The Kier molecular flexibility index (Phi) is 3.31. The predicted octanol–water partition coefficient (Wildman–Crippen LogP) is 2.30. The second-order valence-electron chi connectivity index (χ2n) is 4.48. The van der Waals surface area contributed by atoms with Gasteiger partial charge in [0.05, 0.1) is 5.92 Å². The summed E-state index contributed by atoms with van der Waals surface area (Å²) in [6.45, 7) is 4.91. The van der Waals surface area contributed by atoms with Gasteiger partial charge in [-0.05, 0) is 11.8 Å². The summed E-state index contributed by atoms with van der Waals surface area (Å²) in [7, 11) is 0. The van der Waals surface area contributed by atoms with Crippen LogP contribution in [0.4, 0.5) is 13.2 Å². The number of carbonyl (C=O) groups is 1. The molecule has 1 aliphatic heterocycles. The van der Waals surface area contributed by atoms with Crippen LogP contribution in [0.25, 0.3) is 0 Å². The van der Waals surface area contributed by atoms with Gasteiger partial charge in [-0.15, -0.1) is 0 Å². The zero-order valence-corrected chi connectivity index (χ0v) is 9.14. The van der Waals surface area contributed by atoms with Gasteiger partial charge in [-0.25, -0.2) is 0 Å². The van der Waals surface area contributed by atoms with Crippen LogP contribution in [0.3, 0.4) is 0 Å². The molecule has 2 atom stereocenters. The molecular weight excluding hydrogens is 207 g/mol.